The van der Waals surface area contributed by atoms with Crippen molar-refractivity contribution < 1.29 is 68.7 Å². The van der Waals surface area contributed by atoms with Crippen molar-refractivity contribution in [2.45, 2.75) is 25.0 Å². The Hall–Kier alpha value is -2.04. The summed E-state index contributed by atoms with van der Waals surface area (Å²) in [6.07, 6.45) is 15.5. The van der Waals surface area contributed by atoms with E-state index in [4.69, 9.17) is 26.9 Å². The molecule has 0 bridgehead atoms. The summed E-state index contributed by atoms with van der Waals surface area (Å²) in [6.45, 7) is 15.5. The molecule has 2 aromatic rings. The van der Waals surface area contributed by atoms with Crippen LogP contribution in [0.25, 0.3) is 0 Å². The number of aryl methyl sites for hydroxylation is 4. The standard InChI is InChI=1S/C11H16N4.CHF3O3S.3CO.CH3.Ru/c1-12-6-8-14(10-12)4-3-5-15-9-7-13(2)11-15;2-1(3,4)8(5,6)7;3*1-2;;/h6-9H,3-5H2,1-2H3;(H,5,6,7);;;;1H3;/q;;;;;-1;+2/p-1. The molecule has 0 spiro atoms. The third-order valence-electron chi connectivity index (χ3n) is 2.59. The summed E-state index contributed by atoms with van der Waals surface area (Å²) < 4.78 is 89.4. The van der Waals surface area contributed by atoms with Crippen LogP contribution in [0.1, 0.15) is 6.42 Å². The Labute approximate surface area is 192 Å². The monoisotopic (exact) mass is 554 g/mol. The van der Waals surface area contributed by atoms with Gasteiger partial charge >= 0.3 is 58.9 Å². The third kappa shape index (κ3) is 19.7. The number of imidazole rings is 2. The van der Waals surface area contributed by atoms with Crippen LogP contribution in [-0.4, -0.2) is 27.6 Å². The van der Waals surface area contributed by atoms with E-state index in [-0.39, 0.29) is 26.9 Å². The van der Waals surface area contributed by atoms with Crippen molar-refractivity contribution >= 4 is 10.1 Å². The summed E-state index contributed by atoms with van der Waals surface area (Å²) in [6, 6.07) is 0. The van der Waals surface area contributed by atoms with Gasteiger partial charge < -0.3 is 30.2 Å². The first-order valence-electron chi connectivity index (χ1n) is 7.00. The minimum Gasteiger partial charge on any atom is -0.358 e. The molecule has 15 heteroatoms. The third-order valence-corrected chi connectivity index (χ3v) is 3.16. The van der Waals surface area contributed by atoms with Gasteiger partial charge in [-0.3, -0.25) is 0 Å². The summed E-state index contributed by atoms with van der Waals surface area (Å²) in [5, 5.41) is 0. The van der Waals surface area contributed by atoms with Gasteiger partial charge in [-0.1, -0.05) is 0 Å². The van der Waals surface area contributed by atoms with E-state index in [0.717, 1.165) is 19.5 Å². The second-order valence-corrected chi connectivity index (χ2v) is 6.03. The molecule has 0 unspecified atom stereocenters. The average molecular weight is 553 g/mol. The topological polar surface area (TPSA) is 135 Å². The molecule has 0 atom stereocenters. The molecule has 2 heterocycles. The Morgan fingerprint density at radius 1 is 1.06 bits per heavy atom. The van der Waals surface area contributed by atoms with Crippen molar-refractivity contribution in [1.82, 2.24) is 9.13 Å². The minimum atomic E-state index is -6.09. The quantitative estimate of drug-likeness (QED) is 0.132. The van der Waals surface area contributed by atoms with E-state index in [1.54, 1.807) is 0 Å². The van der Waals surface area contributed by atoms with E-state index < -0.39 is 15.6 Å². The number of halogens is 3. The maximum atomic E-state index is 10.7. The molecule has 0 saturated carbocycles. The fourth-order valence-corrected chi connectivity index (χ4v) is 1.56. The van der Waals surface area contributed by atoms with E-state index in [9.17, 15) is 13.2 Å². The zero-order valence-corrected chi connectivity index (χ0v) is 19.1. The van der Waals surface area contributed by atoms with Crippen LogP contribution in [0.3, 0.4) is 0 Å². The molecule has 10 nitrogen and oxygen atoms in total. The number of rotatable bonds is 4. The number of alkyl halides is 3. The van der Waals surface area contributed by atoms with Gasteiger partial charge in [0.1, 0.15) is 0 Å². The summed E-state index contributed by atoms with van der Waals surface area (Å²) in [4.78, 5) is 0. The van der Waals surface area contributed by atoms with Crippen molar-refractivity contribution in [2.75, 3.05) is 0 Å². The van der Waals surface area contributed by atoms with Crippen LogP contribution in [0.2, 0.25) is 0 Å². The normalized spacial score (nSPS) is 9.03. The number of hydrogen-bond donors (Lipinski definition) is 0. The summed E-state index contributed by atoms with van der Waals surface area (Å²) in [5.74, 6) is 0. The van der Waals surface area contributed by atoms with Gasteiger partial charge in [0, 0.05) is 6.42 Å². The van der Waals surface area contributed by atoms with Crippen LogP contribution in [0.5, 0.6) is 0 Å². The number of nitrogens with zero attached hydrogens (tertiary/aromatic N) is 4. The van der Waals surface area contributed by atoms with Crippen LogP contribution < -0.4 is 9.13 Å². The Morgan fingerprint density at radius 3 is 1.81 bits per heavy atom. The van der Waals surface area contributed by atoms with Crippen LogP contribution in [0.15, 0.2) is 24.8 Å². The molecule has 0 N–H and O–H groups in total. The van der Waals surface area contributed by atoms with Gasteiger partial charge in [-0.15, -0.1) is 0 Å². The van der Waals surface area contributed by atoms with E-state index in [2.05, 4.69) is 41.7 Å². The van der Waals surface area contributed by atoms with Crippen LogP contribution in [0.4, 0.5) is 13.2 Å². The van der Waals surface area contributed by atoms with Crippen LogP contribution >= 0.6 is 0 Å². The Balaban J connectivity index is -0.000000122. The molecule has 174 valence electrons. The first-order chi connectivity index (χ1) is 13.5. The molecule has 0 aliphatic rings. The van der Waals surface area contributed by atoms with Gasteiger partial charge in [0.15, 0.2) is 10.1 Å². The van der Waals surface area contributed by atoms with Crippen molar-refractivity contribution in [1.29, 1.82) is 0 Å². The largest absolute Gasteiger partial charge is 2.00 e. The van der Waals surface area contributed by atoms with E-state index >= 15 is 0 Å². The molecule has 0 aliphatic heterocycles. The maximum Gasteiger partial charge on any atom is 2.00 e. The number of aromatic nitrogens is 4. The fourth-order valence-electron chi connectivity index (χ4n) is 1.56. The molecular formula is C16H19F3N4O6RuS. The zero-order valence-electron chi connectivity index (χ0n) is 16.6. The van der Waals surface area contributed by atoms with Crippen LogP contribution in [-0.2, 0) is 70.7 Å². The maximum absolute atomic E-state index is 10.7. The van der Waals surface area contributed by atoms with E-state index in [1.807, 2.05) is 48.0 Å². The zero-order chi connectivity index (χ0) is 23.7. The first-order valence-corrected chi connectivity index (χ1v) is 8.41. The van der Waals surface area contributed by atoms with Crippen molar-refractivity contribution in [3.05, 3.63) is 64.8 Å². The molecule has 0 saturated heterocycles. The molecule has 0 aliphatic carbocycles. The van der Waals surface area contributed by atoms with Gasteiger partial charge in [0.25, 0.3) is 0 Å². The van der Waals surface area contributed by atoms with E-state index in [0.29, 0.717) is 0 Å². The molecule has 31 heavy (non-hydrogen) atoms. The van der Waals surface area contributed by atoms with Crippen molar-refractivity contribution in [3.63, 3.8) is 0 Å². The minimum absolute atomic E-state index is 0. The smallest absolute Gasteiger partial charge is 0.358 e. The second kappa shape index (κ2) is 21.2. The molecule has 0 aromatic carbocycles. The predicted octanol–water partition coefficient (Wildman–Crippen LogP) is 0.0159. The molecule has 0 radical (unpaired) electrons. The molecule has 2 aromatic heterocycles. The van der Waals surface area contributed by atoms with Gasteiger partial charge in [0.05, 0.1) is 27.2 Å². The SMILES string of the molecule is Cn1[c-][n+](CCCn2[c-][n+](C)cc2)cc1.O=S(=O)([O-])C(F)(F)F.[C-]#[O+].[C-]#[O+].[C-]#[O+].[CH3-].[Ru+2]. The molecular weight excluding hydrogens is 534 g/mol. The fraction of sp³-hybridized carbons (Fsp3) is 0.375. The van der Waals surface area contributed by atoms with Gasteiger partial charge in [0.2, 0.25) is 12.7 Å². The van der Waals surface area contributed by atoms with E-state index in [1.165, 1.54) is 0 Å². The van der Waals surface area contributed by atoms with Gasteiger partial charge in [-0.2, -0.15) is 13.2 Å². The molecule has 2 rings (SSSR count). The molecule has 0 fully saturated rings. The van der Waals surface area contributed by atoms with Gasteiger partial charge in [-0.05, 0) is 24.8 Å². The first kappa shape index (κ1) is 39.4. The predicted molar refractivity (Wildman–Crippen MR) is 87.5 cm³/mol. The second-order valence-electron chi connectivity index (χ2n) is 4.66. The summed E-state index contributed by atoms with van der Waals surface area (Å²) >= 11 is 0. The summed E-state index contributed by atoms with van der Waals surface area (Å²) in [5.41, 5.74) is -5.65. The average Bonchev–Trinajstić information content (AvgIpc) is 3.27. The van der Waals surface area contributed by atoms with Gasteiger partial charge in [-0.25, -0.2) is 8.42 Å². The molecule has 0 amide bonds. The number of hydrogen-bond acceptors (Lipinski definition) is 3. The summed E-state index contributed by atoms with van der Waals surface area (Å²) in [7, 11) is -2.13. The Morgan fingerprint density at radius 2 is 1.52 bits per heavy atom. The Kier molecular flexibility index (Phi) is 27.0. The van der Waals surface area contributed by atoms with Crippen LogP contribution in [0, 0.1) is 40.0 Å². The van der Waals surface area contributed by atoms with Crippen molar-refractivity contribution in [2.24, 2.45) is 14.1 Å². The Bertz CT molecular complexity index is 806. The van der Waals surface area contributed by atoms with Crippen molar-refractivity contribution in [3.8, 4) is 0 Å².